The van der Waals surface area contributed by atoms with Crippen molar-refractivity contribution in [3.05, 3.63) is 35.9 Å². The van der Waals surface area contributed by atoms with Crippen molar-refractivity contribution < 1.29 is 4.79 Å². The van der Waals surface area contributed by atoms with Crippen molar-refractivity contribution >= 4 is 5.91 Å². The van der Waals surface area contributed by atoms with Crippen LogP contribution in [-0.2, 0) is 11.2 Å². The van der Waals surface area contributed by atoms with E-state index in [1.54, 1.807) is 6.92 Å². The minimum Gasteiger partial charge on any atom is -0.310 e. The zero-order valence-electron chi connectivity index (χ0n) is 7.60. The number of amides is 1. The Morgan fingerprint density at radius 3 is 2.62 bits per heavy atom. The first-order chi connectivity index (χ1) is 6.18. The lowest BCUT2D eigenvalue weighted by atomic mass is 10.1. The van der Waals surface area contributed by atoms with Crippen LogP contribution >= 0.6 is 0 Å². The lowest BCUT2D eigenvalue weighted by molar-refractivity contribution is -0.121. The molecule has 0 heterocycles. The van der Waals surface area contributed by atoms with Gasteiger partial charge in [0, 0.05) is 0 Å². The molecule has 0 fully saturated rings. The quantitative estimate of drug-likeness (QED) is 0.737. The first-order valence-electron chi connectivity index (χ1n) is 4.21. The molecule has 2 N–H and O–H groups in total. The van der Waals surface area contributed by atoms with Gasteiger partial charge in [-0.2, -0.15) is 0 Å². The fourth-order valence-corrected chi connectivity index (χ4v) is 1.04. The fraction of sp³-hybridized carbons (Fsp3) is 0.300. The summed E-state index contributed by atoms with van der Waals surface area (Å²) < 4.78 is 0. The topological polar surface area (TPSA) is 57.2 Å². The SMILES string of the molecule is CC(N)[N]C(=O)Cc1ccccc1. The van der Waals surface area contributed by atoms with E-state index in [4.69, 9.17) is 5.73 Å². The lowest BCUT2D eigenvalue weighted by Gasteiger charge is -2.04. The first-order valence-corrected chi connectivity index (χ1v) is 4.21. The van der Waals surface area contributed by atoms with Gasteiger partial charge in [-0.05, 0) is 12.5 Å². The van der Waals surface area contributed by atoms with Gasteiger partial charge in [-0.1, -0.05) is 30.3 Å². The summed E-state index contributed by atoms with van der Waals surface area (Å²) >= 11 is 0. The van der Waals surface area contributed by atoms with E-state index in [1.807, 2.05) is 30.3 Å². The molecule has 13 heavy (non-hydrogen) atoms. The van der Waals surface area contributed by atoms with Crippen LogP contribution < -0.4 is 11.1 Å². The van der Waals surface area contributed by atoms with E-state index in [0.717, 1.165) is 5.56 Å². The molecule has 1 rings (SSSR count). The Kier molecular flexibility index (Phi) is 3.46. The van der Waals surface area contributed by atoms with E-state index >= 15 is 0 Å². The molecule has 1 unspecified atom stereocenters. The molecule has 1 amide bonds. The molecule has 0 spiro atoms. The van der Waals surface area contributed by atoms with Crippen molar-refractivity contribution in [1.29, 1.82) is 0 Å². The largest absolute Gasteiger partial charge is 0.310 e. The smallest absolute Gasteiger partial charge is 0.247 e. The van der Waals surface area contributed by atoms with Crippen LogP contribution in [0.4, 0.5) is 0 Å². The molecule has 3 heteroatoms. The van der Waals surface area contributed by atoms with Gasteiger partial charge in [-0.3, -0.25) is 4.79 Å². The molecule has 69 valence electrons. The molecule has 0 aliphatic heterocycles. The molecule has 1 aromatic carbocycles. The third kappa shape index (κ3) is 3.71. The van der Waals surface area contributed by atoms with Gasteiger partial charge in [0.1, 0.15) is 0 Å². The van der Waals surface area contributed by atoms with E-state index in [2.05, 4.69) is 5.32 Å². The maximum absolute atomic E-state index is 11.2. The molecular formula is C10H13N2O. The highest BCUT2D eigenvalue weighted by Gasteiger charge is 2.05. The van der Waals surface area contributed by atoms with Crippen LogP contribution in [0.2, 0.25) is 0 Å². The highest BCUT2D eigenvalue weighted by molar-refractivity contribution is 5.78. The monoisotopic (exact) mass is 177 g/mol. The second-order valence-electron chi connectivity index (χ2n) is 2.93. The maximum Gasteiger partial charge on any atom is 0.247 e. The summed E-state index contributed by atoms with van der Waals surface area (Å²) in [4.78, 5) is 11.2. The molecule has 0 bridgehead atoms. The molecule has 1 radical (unpaired) electrons. The number of carbonyl (C=O) groups excluding carboxylic acids is 1. The van der Waals surface area contributed by atoms with Crippen molar-refractivity contribution in [3.8, 4) is 0 Å². The summed E-state index contributed by atoms with van der Waals surface area (Å²) in [6, 6.07) is 9.50. The van der Waals surface area contributed by atoms with E-state index in [-0.39, 0.29) is 5.91 Å². The Morgan fingerprint density at radius 1 is 1.46 bits per heavy atom. The van der Waals surface area contributed by atoms with Crippen molar-refractivity contribution in [2.75, 3.05) is 0 Å². The minimum atomic E-state index is -0.406. The molecule has 0 saturated heterocycles. The Morgan fingerprint density at radius 2 is 2.08 bits per heavy atom. The van der Waals surface area contributed by atoms with Gasteiger partial charge in [0.15, 0.2) is 0 Å². The molecule has 0 aliphatic rings. The fourth-order valence-electron chi connectivity index (χ4n) is 1.04. The van der Waals surface area contributed by atoms with Gasteiger partial charge in [-0.15, -0.1) is 0 Å². The summed E-state index contributed by atoms with van der Waals surface area (Å²) in [6.45, 7) is 1.68. The molecular weight excluding hydrogens is 164 g/mol. The van der Waals surface area contributed by atoms with Gasteiger partial charge in [0.05, 0.1) is 12.6 Å². The molecule has 3 nitrogen and oxygen atoms in total. The Balaban J connectivity index is 2.46. The van der Waals surface area contributed by atoms with Gasteiger partial charge < -0.3 is 5.73 Å². The predicted octanol–water partition coefficient (Wildman–Crippen LogP) is 0.665. The average molecular weight is 177 g/mol. The number of benzene rings is 1. The molecule has 1 atom stereocenters. The second-order valence-corrected chi connectivity index (χ2v) is 2.93. The Labute approximate surface area is 77.9 Å². The number of rotatable bonds is 3. The van der Waals surface area contributed by atoms with Crippen LogP contribution in [-0.4, -0.2) is 12.1 Å². The van der Waals surface area contributed by atoms with E-state index in [1.165, 1.54) is 0 Å². The summed E-state index contributed by atoms with van der Waals surface area (Å²) in [5, 5.41) is 3.71. The number of nitrogens with zero attached hydrogens (tertiary/aromatic N) is 1. The van der Waals surface area contributed by atoms with Crippen LogP contribution in [0, 0.1) is 0 Å². The highest BCUT2D eigenvalue weighted by atomic mass is 16.1. The minimum absolute atomic E-state index is 0.166. The third-order valence-corrected chi connectivity index (χ3v) is 1.55. The number of carbonyl (C=O) groups is 1. The Hall–Kier alpha value is -1.35. The predicted molar refractivity (Wildman–Crippen MR) is 50.9 cm³/mol. The van der Waals surface area contributed by atoms with Crippen LogP contribution in [0.1, 0.15) is 12.5 Å². The van der Waals surface area contributed by atoms with Crippen molar-refractivity contribution in [1.82, 2.24) is 5.32 Å². The summed E-state index contributed by atoms with van der Waals surface area (Å²) in [5.41, 5.74) is 6.33. The van der Waals surface area contributed by atoms with Crippen molar-refractivity contribution in [2.24, 2.45) is 5.73 Å². The maximum atomic E-state index is 11.2. The van der Waals surface area contributed by atoms with Crippen LogP contribution in [0.15, 0.2) is 30.3 Å². The normalized spacial score (nSPS) is 12.2. The van der Waals surface area contributed by atoms with E-state index in [0.29, 0.717) is 6.42 Å². The Bertz CT molecular complexity index is 270. The molecule has 0 saturated carbocycles. The van der Waals surface area contributed by atoms with Crippen LogP contribution in [0.25, 0.3) is 0 Å². The first kappa shape index (κ1) is 9.74. The zero-order chi connectivity index (χ0) is 9.68. The highest BCUT2D eigenvalue weighted by Crippen LogP contribution is 1.99. The van der Waals surface area contributed by atoms with Crippen molar-refractivity contribution in [3.63, 3.8) is 0 Å². The van der Waals surface area contributed by atoms with E-state index < -0.39 is 6.17 Å². The van der Waals surface area contributed by atoms with Crippen LogP contribution in [0.3, 0.4) is 0 Å². The van der Waals surface area contributed by atoms with Gasteiger partial charge in [0.25, 0.3) is 0 Å². The summed E-state index contributed by atoms with van der Waals surface area (Å²) in [5.74, 6) is -0.166. The standard InChI is InChI=1S/C10H13N2O/c1-8(11)12-10(13)7-9-5-3-2-4-6-9/h2-6,8H,7,11H2,1H3. The molecule has 0 aromatic heterocycles. The summed E-state index contributed by atoms with van der Waals surface area (Å²) in [7, 11) is 0. The number of hydrogen-bond donors (Lipinski definition) is 1. The number of nitrogens with two attached hydrogens (primary N) is 1. The van der Waals surface area contributed by atoms with Crippen molar-refractivity contribution in [2.45, 2.75) is 19.5 Å². The third-order valence-electron chi connectivity index (χ3n) is 1.55. The second kappa shape index (κ2) is 4.62. The average Bonchev–Trinajstić information content (AvgIpc) is 2.04. The molecule has 1 aromatic rings. The van der Waals surface area contributed by atoms with Gasteiger partial charge in [-0.25, -0.2) is 5.32 Å². The van der Waals surface area contributed by atoms with Gasteiger partial charge >= 0.3 is 0 Å². The van der Waals surface area contributed by atoms with Gasteiger partial charge in [0.2, 0.25) is 5.91 Å². The lowest BCUT2D eigenvalue weighted by Crippen LogP contribution is -2.33. The zero-order valence-corrected chi connectivity index (χ0v) is 7.60. The van der Waals surface area contributed by atoms with Crippen LogP contribution in [0.5, 0.6) is 0 Å². The molecule has 0 aliphatic carbocycles. The summed E-state index contributed by atoms with van der Waals surface area (Å²) in [6.07, 6.45) is -0.0706. The van der Waals surface area contributed by atoms with E-state index in [9.17, 15) is 4.79 Å². The number of hydrogen-bond acceptors (Lipinski definition) is 2.